The summed E-state index contributed by atoms with van der Waals surface area (Å²) in [5, 5.41) is 0. The summed E-state index contributed by atoms with van der Waals surface area (Å²) in [6.45, 7) is 6.86. The molecule has 0 radical (unpaired) electrons. The number of rotatable bonds is 12. The molecule has 5 heteroatoms. The fraction of sp³-hybridized carbons (Fsp3) is 0.545. The molecule has 2 aromatic carbocycles. The number of likely N-dealkylation sites (tertiary alicyclic amines) is 1. The van der Waals surface area contributed by atoms with Crippen molar-refractivity contribution in [2.45, 2.75) is 68.9 Å². The van der Waals surface area contributed by atoms with Gasteiger partial charge in [-0.2, -0.15) is 0 Å². The Morgan fingerprint density at radius 3 is 2.68 bits per heavy atom. The second kappa shape index (κ2) is 13.4. The predicted octanol–water partition coefficient (Wildman–Crippen LogP) is 5.88. The Labute approximate surface area is 229 Å². The standard InChI is InChI=1S/C33H46N2O3/c1-5-20-35-21-19-33(27-16-12-17-29(22-27)37-3)24-28(23-31(38-4)30(33)25-35)34(2)32(36)18-11-7-10-15-26-13-8-6-9-14-26/h5-6,8-9,12-14,16-17,22,28,30-31H,1,7,10-11,15,18-21,23-25H2,2-4H3. The number of fused-ring (bicyclic) bond motifs is 1. The third kappa shape index (κ3) is 6.50. The summed E-state index contributed by atoms with van der Waals surface area (Å²) in [6.07, 6.45) is 9.80. The van der Waals surface area contributed by atoms with E-state index in [1.165, 1.54) is 11.1 Å². The molecule has 0 spiro atoms. The molecular formula is C33H46N2O3. The monoisotopic (exact) mass is 518 g/mol. The van der Waals surface area contributed by atoms with Gasteiger partial charge in [0.1, 0.15) is 5.75 Å². The second-order valence-corrected chi connectivity index (χ2v) is 11.2. The highest BCUT2D eigenvalue weighted by Gasteiger charge is 2.53. The maximum atomic E-state index is 13.4. The van der Waals surface area contributed by atoms with Crippen LogP contribution in [0, 0.1) is 5.92 Å². The largest absolute Gasteiger partial charge is 0.497 e. The van der Waals surface area contributed by atoms with Crippen LogP contribution in [0.2, 0.25) is 0 Å². The molecule has 4 rings (SSSR count). The molecule has 1 saturated heterocycles. The molecule has 0 bridgehead atoms. The number of carbonyl (C=O) groups is 1. The highest BCUT2D eigenvalue weighted by Crippen LogP contribution is 2.51. The molecule has 2 aromatic rings. The average molecular weight is 519 g/mol. The number of nitrogens with zero attached hydrogens (tertiary/aromatic N) is 2. The lowest BCUT2D eigenvalue weighted by Crippen LogP contribution is -2.61. The van der Waals surface area contributed by atoms with E-state index in [-0.39, 0.29) is 23.5 Å². The van der Waals surface area contributed by atoms with Gasteiger partial charge in [0.15, 0.2) is 0 Å². The van der Waals surface area contributed by atoms with Crippen LogP contribution in [0.1, 0.15) is 56.1 Å². The molecule has 2 aliphatic rings. The van der Waals surface area contributed by atoms with Crippen molar-refractivity contribution in [3.63, 3.8) is 0 Å². The van der Waals surface area contributed by atoms with Crippen molar-refractivity contribution in [3.05, 3.63) is 78.4 Å². The Hall–Kier alpha value is -2.63. The minimum absolute atomic E-state index is 0.0555. The van der Waals surface area contributed by atoms with E-state index in [1.807, 2.05) is 31.2 Å². The van der Waals surface area contributed by atoms with Gasteiger partial charge < -0.3 is 14.4 Å². The highest BCUT2D eigenvalue weighted by molar-refractivity contribution is 5.76. The number of hydrogen-bond donors (Lipinski definition) is 0. The summed E-state index contributed by atoms with van der Waals surface area (Å²) in [5.74, 6) is 1.50. The number of benzene rings is 2. The van der Waals surface area contributed by atoms with E-state index in [0.717, 1.165) is 70.3 Å². The van der Waals surface area contributed by atoms with Crippen molar-refractivity contribution >= 4 is 5.91 Å². The van der Waals surface area contributed by atoms with Crippen LogP contribution in [0.5, 0.6) is 5.75 Å². The molecule has 38 heavy (non-hydrogen) atoms. The normalized spacial score (nSPS) is 25.4. The lowest BCUT2D eigenvalue weighted by atomic mass is 9.56. The molecule has 1 aliphatic carbocycles. The molecule has 1 heterocycles. The third-order valence-corrected chi connectivity index (χ3v) is 9.07. The van der Waals surface area contributed by atoms with Gasteiger partial charge in [-0.1, -0.05) is 55.0 Å². The lowest BCUT2D eigenvalue weighted by Gasteiger charge is -2.56. The minimum atomic E-state index is -0.0555. The maximum Gasteiger partial charge on any atom is 0.222 e. The summed E-state index contributed by atoms with van der Waals surface area (Å²) in [6, 6.07) is 19.4. The zero-order valence-electron chi connectivity index (χ0n) is 23.6. The second-order valence-electron chi connectivity index (χ2n) is 11.2. The van der Waals surface area contributed by atoms with Crippen LogP contribution in [0.3, 0.4) is 0 Å². The first kappa shape index (κ1) is 28.4. The Kier molecular flexibility index (Phi) is 10.0. The molecule has 206 valence electrons. The molecule has 2 fully saturated rings. The fourth-order valence-corrected chi connectivity index (χ4v) is 6.87. The Bertz CT molecular complexity index is 1040. The molecule has 1 aliphatic heterocycles. The molecule has 0 N–H and O–H groups in total. The van der Waals surface area contributed by atoms with Gasteiger partial charge in [-0.25, -0.2) is 0 Å². The number of aryl methyl sites for hydroxylation is 1. The number of unbranched alkanes of at least 4 members (excludes halogenated alkanes) is 2. The van der Waals surface area contributed by atoms with Gasteiger partial charge in [-0.05, 0) is 68.3 Å². The van der Waals surface area contributed by atoms with Crippen molar-refractivity contribution in [2.24, 2.45) is 5.92 Å². The fourth-order valence-electron chi connectivity index (χ4n) is 6.87. The lowest BCUT2D eigenvalue weighted by molar-refractivity contribution is -0.137. The summed E-state index contributed by atoms with van der Waals surface area (Å²) in [5.41, 5.74) is 2.63. The topological polar surface area (TPSA) is 42.0 Å². The van der Waals surface area contributed by atoms with Gasteiger partial charge in [-0.15, -0.1) is 6.58 Å². The van der Waals surface area contributed by atoms with Crippen LogP contribution in [0.4, 0.5) is 0 Å². The molecule has 4 unspecified atom stereocenters. The van der Waals surface area contributed by atoms with Crippen molar-refractivity contribution in [3.8, 4) is 5.75 Å². The quantitative estimate of drug-likeness (QED) is 0.260. The Balaban J connectivity index is 1.45. The minimum Gasteiger partial charge on any atom is -0.497 e. The van der Waals surface area contributed by atoms with Gasteiger partial charge in [0.05, 0.1) is 13.2 Å². The van der Waals surface area contributed by atoms with Gasteiger partial charge in [0, 0.05) is 51.0 Å². The van der Waals surface area contributed by atoms with E-state index in [1.54, 1.807) is 7.11 Å². The molecule has 1 amide bonds. The van der Waals surface area contributed by atoms with Crippen LogP contribution in [0.25, 0.3) is 0 Å². The van der Waals surface area contributed by atoms with Gasteiger partial charge in [-0.3, -0.25) is 9.69 Å². The Morgan fingerprint density at radius 1 is 1.13 bits per heavy atom. The first-order chi connectivity index (χ1) is 18.5. The third-order valence-electron chi connectivity index (χ3n) is 9.07. The van der Waals surface area contributed by atoms with E-state index < -0.39 is 0 Å². The molecule has 1 saturated carbocycles. The average Bonchev–Trinajstić information content (AvgIpc) is 2.96. The van der Waals surface area contributed by atoms with E-state index in [0.29, 0.717) is 12.3 Å². The number of piperidine rings is 1. The van der Waals surface area contributed by atoms with Gasteiger partial charge in [0.25, 0.3) is 0 Å². The number of hydrogen-bond acceptors (Lipinski definition) is 4. The maximum absolute atomic E-state index is 13.4. The number of amides is 1. The zero-order chi connectivity index (χ0) is 27.0. The smallest absolute Gasteiger partial charge is 0.222 e. The van der Waals surface area contributed by atoms with E-state index in [4.69, 9.17) is 9.47 Å². The first-order valence-electron chi connectivity index (χ1n) is 14.3. The number of carbonyl (C=O) groups excluding carboxylic acids is 1. The van der Waals surface area contributed by atoms with E-state index >= 15 is 0 Å². The first-order valence-corrected chi connectivity index (χ1v) is 14.3. The van der Waals surface area contributed by atoms with Crippen molar-refractivity contribution in [2.75, 3.05) is 40.9 Å². The van der Waals surface area contributed by atoms with Crippen LogP contribution < -0.4 is 4.74 Å². The summed E-state index contributed by atoms with van der Waals surface area (Å²) in [4.78, 5) is 17.9. The highest BCUT2D eigenvalue weighted by atomic mass is 16.5. The van der Waals surface area contributed by atoms with Crippen LogP contribution in [0.15, 0.2) is 67.3 Å². The van der Waals surface area contributed by atoms with Crippen molar-refractivity contribution in [1.29, 1.82) is 0 Å². The number of methoxy groups -OCH3 is 2. The zero-order valence-corrected chi connectivity index (χ0v) is 23.6. The molecule has 4 atom stereocenters. The summed E-state index contributed by atoms with van der Waals surface area (Å²) < 4.78 is 11.8. The van der Waals surface area contributed by atoms with Crippen LogP contribution in [-0.2, 0) is 21.4 Å². The molecule has 0 aromatic heterocycles. The van der Waals surface area contributed by atoms with E-state index in [2.05, 4.69) is 60.0 Å². The van der Waals surface area contributed by atoms with Crippen molar-refractivity contribution < 1.29 is 14.3 Å². The number of ether oxygens (including phenoxy) is 2. The summed E-state index contributed by atoms with van der Waals surface area (Å²) >= 11 is 0. The predicted molar refractivity (Wildman–Crippen MR) is 155 cm³/mol. The Morgan fingerprint density at radius 2 is 1.95 bits per heavy atom. The SMILES string of the molecule is C=CCN1CCC2(c3cccc(OC)c3)CC(N(C)C(=O)CCCCCc3ccccc3)CC(OC)C2C1. The molecular weight excluding hydrogens is 472 g/mol. The van der Waals surface area contributed by atoms with Crippen LogP contribution in [-0.4, -0.2) is 68.8 Å². The summed E-state index contributed by atoms with van der Waals surface area (Å²) in [7, 11) is 5.58. The van der Waals surface area contributed by atoms with Gasteiger partial charge in [0.2, 0.25) is 5.91 Å². The van der Waals surface area contributed by atoms with Crippen LogP contribution >= 0.6 is 0 Å². The van der Waals surface area contributed by atoms with Gasteiger partial charge >= 0.3 is 0 Å². The molecule has 5 nitrogen and oxygen atoms in total. The van der Waals surface area contributed by atoms with E-state index in [9.17, 15) is 4.79 Å². The van der Waals surface area contributed by atoms with Crippen molar-refractivity contribution in [1.82, 2.24) is 9.80 Å².